The monoisotopic (exact) mass is 299 g/mol. The second-order valence-corrected chi connectivity index (χ2v) is 5.02. The molecular formula is C17H21N3O2. The standard InChI is InChI=1S/C17H21N3O2/c1-20(9-10-22-2)17(21)16-15(7-4-8-19-16)14-6-3-5-13(11-14)12-18/h3-8,11H,9-10,12,18H2,1-2H3. The molecule has 0 bridgehead atoms. The Morgan fingerprint density at radius 1 is 1.32 bits per heavy atom. The highest BCUT2D eigenvalue weighted by atomic mass is 16.5. The van der Waals surface area contributed by atoms with Gasteiger partial charge < -0.3 is 15.4 Å². The summed E-state index contributed by atoms with van der Waals surface area (Å²) in [6.45, 7) is 1.48. The highest BCUT2D eigenvalue weighted by molar-refractivity contribution is 5.98. The first-order valence-corrected chi connectivity index (χ1v) is 7.16. The number of hydrogen-bond acceptors (Lipinski definition) is 4. The molecule has 0 spiro atoms. The van der Waals surface area contributed by atoms with Gasteiger partial charge in [-0.2, -0.15) is 0 Å². The number of pyridine rings is 1. The minimum absolute atomic E-state index is 0.120. The van der Waals surface area contributed by atoms with Gasteiger partial charge in [0.2, 0.25) is 0 Å². The van der Waals surface area contributed by atoms with E-state index in [4.69, 9.17) is 10.5 Å². The van der Waals surface area contributed by atoms with Gasteiger partial charge in [0, 0.05) is 39.0 Å². The van der Waals surface area contributed by atoms with E-state index in [1.807, 2.05) is 36.4 Å². The lowest BCUT2D eigenvalue weighted by Crippen LogP contribution is -2.31. The number of ether oxygens (including phenoxy) is 1. The van der Waals surface area contributed by atoms with Crippen molar-refractivity contribution in [2.45, 2.75) is 6.54 Å². The van der Waals surface area contributed by atoms with Gasteiger partial charge in [0.05, 0.1) is 6.61 Å². The molecule has 1 heterocycles. The largest absolute Gasteiger partial charge is 0.383 e. The van der Waals surface area contributed by atoms with Gasteiger partial charge >= 0.3 is 0 Å². The smallest absolute Gasteiger partial charge is 0.272 e. The molecule has 0 aliphatic heterocycles. The van der Waals surface area contributed by atoms with Crippen LogP contribution in [0, 0.1) is 0 Å². The zero-order chi connectivity index (χ0) is 15.9. The molecule has 0 unspecified atom stereocenters. The summed E-state index contributed by atoms with van der Waals surface area (Å²) in [6, 6.07) is 11.6. The number of likely N-dealkylation sites (N-methyl/N-ethyl adjacent to an activating group) is 1. The minimum Gasteiger partial charge on any atom is -0.383 e. The van der Waals surface area contributed by atoms with Gasteiger partial charge in [-0.05, 0) is 23.3 Å². The van der Waals surface area contributed by atoms with E-state index in [0.717, 1.165) is 16.7 Å². The average Bonchev–Trinajstić information content (AvgIpc) is 2.59. The van der Waals surface area contributed by atoms with Gasteiger partial charge in [0.1, 0.15) is 5.69 Å². The van der Waals surface area contributed by atoms with Crippen LogP contribution in [0.2, 0.25) is 0 Å². The molecule has 0 radical (unpaired) electrons. The van der Waals surface area contributed by atoms with Crippen molar-refractivity contribution >= 4 is 5.91 Å². The molecule has 1 amide bonds. The van der Waals surface area contributed by atoms with Crippen LogP contribution in [0.3, 0.4) is 0 Å². The molecule has 1 aromatic carbocycles. The predicted octanol–water partition coefficient (Wildman–Crippen LogP) is 1.93. The Morgan fingerprint density at radius 2 is 2.14 bits per heavy atom. The average molecular weight is 299 g/mol. The van der Waals surface area contributed by atoms with E-state index in [1.54, 1.807) is 25.3 Å². The van der Waals surface area contributed by atoms with Crippen molar-refractivity contribution in [1.82, 2.24) is 9.88 Å². The Morgan fingerprint density at radius 3 is 2.86 bits per heavy atom. The normalized spacial score (nSPS) is 10.5. The van der Waals surface area contributed by atoms with Crippen LogP contribution >= 0.6 is 0 Å². The highest BCUT2D eigenvalue weighted by Gasteiger charge is 2.18. The first-order chi connectivity index (χ1) is 10.7. The maximum atomic E-state index is 12.6. The van der Waals surface area contributed by atoms with Crippen LogP contribution in [0.5, 0.6) is 0 Å². The number of carbonyl (C=O) groups excluding carboxylic acids is 1. The molecule has 5 nitrogen and oxygen atoms in total. The third kappa shape index (κ3) is 3.69. The molecule has 1 aromatic heterocycles. The van der Waals surface area contributed by atoms with Crippen LogP contribution in [0.25, 0.3) is 11.1 Å². The quantitative estimate of drug-likeness (QED) is 0.885. The number of carbonyl (C=O) groups is 1. The predicted molar refractivity (Wildman–Crippen MR) is 86.4 cm³/mol. The summed E-state index contributed by atoms with van der Waals surface area (Å²) in [7, 11) is 3.36. The van der Waals surface area contributed by atoms with Gasteiger partial charge in [-0.15, -0.1) is 0 Å². The number of nitrogens with zero attached hydrogens (tertiary/aromatic N) is 2. The van der Waals surface area contributed by atoms with Crippen molar-refractivity contribution in [3.8, 4) is 11.1 Å². The van der Waals surface area contributed by atoms with Crippen LogP contribution in [0.1, 0.15) is 16.1 Å². The van der Waals surface area contributed by atoms with Crippen molar-refractivity contribution in [2.75, 3.05) is 27.3 Å². The van der Waals surface area contributed by atoms with E-state index >= 15 is 0 Å². The van der Waals surface area contributed by atoms with Crippen molar-refractivity contribution in [3.05, 3.63) is 53.9 Å². The SMILES string of the molecule is COCCN(C)C(=O)c1ncccc1-c1cccc(CN)c1. The van der Waals surface area contributed by atoms with Crippen molar-refractivity contribution in [3.63, 3.8) is 0 Å². The Kier molecular flexibility index (Phi) is 5.63. The van der Waals surface area contributed by atoms with E-state index in [-0.39, 0.29) is 5.91 Å². The lowest BCUT2D eigenvalue weighted by molar-refractivity contribution is 0.0739. The van der Waals surface area contributed by atoms with Gasteiger partial charge in [0.15, 0.2) is 0 Å². The molecule has 0 atom stereocenters. The molecular weight excluding hydrogens is 278 g/mol. The summed E-state index contributed by atoms with van der Waals surface area (Å²) in [5, 5.41) is 0. The number of benzene rings is 1. The van der Waals surface area contributed by atoms with Crippen molar-refractivity contribution in [2.24, 2.45) is 5.73 Å². The van der Waals surface area contributed by atoms with Gasteiger partial charge in [0.25, 0.3) is 5.91 Å². The molecule has 0 aliphatic carbocycles. The second kappa shape index (κ2) is 7.68. The van der Waals surface area contributed by atoms with E-state index in [1.165, 1.54) is 0 Å². The van der Waals surface area contributed by atoms with E-state index in [9.17, 15) is 4.79 Å². The molecule has 5 heteroatoms. The summed E-state index contributed by atoms with van der Waals surface area (Å²) in [6.07, 6.45) is 1.63. The topological polar surface area (TPSA) is 68.5 Å². The number of amides is 1. The van der Waals surface area contributed by atoms with E-state index in [0.29, 0.717) is 25.4 Å². The molecule has 0 saturated carbocycles. The van der Waals surface area contributed by atoms with Gasteiger partial charge in [-0.3, -0.25) is 9.78 Å². The van der Waals surface area contributed by atoms with Crippen LogP contribution in [-0.2, 0) is 11.3 Å². The van der Waals surface area contributed by atoms with Crippen molar-refractivity contribution in [1.29, 1.82) is 0 Å². The first kappa shape index (κ1) is 16.1. The Balaban J connectivity index is 2.35. The summed E-state index contributed by atoms with van der Waals surface area (Å²) < 4.78 is 5.02. The highest BCUT2D eigenvalue weighted by Crippen LogP contribution is 2.24. The Hall–Kier alpha value is -2.24. The molecule has 116 valence electrons. The lowest BCUT2D eigenvalue weighted by Gasteiger charge is -2.18. The van der Waals surface area contributed by atoms with E-state index < -0.39 is 0 Å². The molecule has 0 fully saturated rings. The Bertz CT molecular complexity index is 643. The molecule has 2 aromatic rings. The number of hydrogen-bond donors (Lipinski definition) is 1. The Labute approximate surface area is 130 Å². The summed E-state index contributed by atoms with van der Waals surface area (Å²) in [5.41, 5.74) is 8.91. The van der Waals surface area contributed by atoms with Crippen LogP contribution in [-0.4, -0.2) is 43.1 Å². The number of nitrogens with two attached hydrogens (primary N) is 1. The van der Waals surface area contributed by atoms with Crippen LogP contribution in [0.4, 0.5) is 0 Å². The second-order valence-electron chi connectivity index (χ2n) is 5.02. The fourth-order valence-corrected chi connectivity index (χ4v) is 2.19. The lowest BCUT2D eigenvalue weighted by atomic mass is 10.0. The van der Waals surface area contributed by atoms with Crippen LogP contribution < -0.4 is 5.73 Å². The third-order valence-corrected chi connectivity index (χ3v) is 3.46. The number of aromatic nitrogens is 1. The minimum atomic E-state index is -0.120. The van der Waals surface area contributed by atoms with Crippen molar-refractivity contribution < 1.29 is 9.53 Å². The molecule has 0 saturated heterocycles. The number of methoxy groups -OCH3 is 1. The third-order valence-electron chi connectivity index (χ3n) is 3.46. The molecule has 2 N–H and O–H groups in total. The van der Waals surface area contributed by atoms with Crippen LogP contribution in [0.15, 0.2) is 42.6 Å². The fourth-order valence-electron chi connectivity index (χ4n) is 2.19. The first-order valence-electron chi connectivity index (χ1n) is 7.16. The van der Waals surface area contributed by atoms with Gasteiger partial charge in [-0.1, -0.05) is 24.3 Å². The zero-order valence-corrected chi connectivity index (χ0v) is 13.0. The molecule has 22 heavy (non-hydrogen) atoms. The maximum Gasteiger partial charge on any atom is 0.272 e. The maximum absolute atomic E-state index is 12.6. The summed E-state index contributed by atoms with van der Waals surface area (Å²) in [4.78, 5) is 18.5. The fraction of sp³-hybridized carbons (Fsp3) is 0.294. The van der Waals surface area contributed by atoms with E-state index in [2.05, 4.69) is 4.98 Å². The summed E-state index contributed by atoms with van der Waals surface area (Å²) >= 11 is 0. The molecule has 2 rings (SSSR count). The number of rotatable bonds is 6. The van der Waals surface area contributed by atoms with Gasteiger partial charge in [-0.25, -0.2) is 0 Å². The summed E-state index contributed by atoms with van der Waals surface area (Å²) in [5.74, 6) is -0.120. The zero-order valence-electron chi connectivity index (χ0n) is 13.0. The molecule has 0 aliphatic rings.